The fourth-order valence-corrected chi connectivity index (χ4v) is 2.02. The Bertz CT molecular complexity index is 720. The van der Waals surface area contributed by atoms with Crippen molar-refractivity contribution in [3.05, 3.63) is 53.7 Å². The Balaban J connectivity index is 2.25. The summed E-state index contributed by atoms with van der Waals surface area (Å²) in [5.74, 6) is 0.611. The molecule has 1 aromatic carbocycles. The van der Waals surface area contributed by atoms with Gasteiger partial charge in [0.05, 0.1) is 11.8 Å². The van der Waals surface area contributed by atoms with Gasteiger partial charge < -0.3 is 13.9 Å². The fourth-order valence-electron chi connectivity index (χ4n) is 2.02. The van der Waals surface area contributed by atoms with Crippen LogP contribution in [0.4, 0.5) is 0 Å². The number of aryl methyl sites for hydroxylation is 1. The van der Waals surface area contributed by atoms with Crippen LogP contribution in [-0.4, -0.2) is 10.9 Å². The quantitative estimate of drug-likeness (QED) is 0.700. The number of phenolic OH excluding ortho intramolecular Hbond substituents is 1. The summed E-state index contributed by atoms with van der Waals surface area (Å²) in [4.78, 5) is 12.3. The van der Waals surface area contributed by atoms with E-state index >= 15 is 0 Å². The number of aromatic hydroxyl groups is 1. The highest BCUT2D eigenvalue weighted by Gasteiger charge is 2.21. The van der Waals surface area contributed by atoms with Crippen molar-refractivity contribution in [3.63, 3.8) is 0 Å². The fraction of sp³-hybridized carbons (Fsp3) is 0.0714. The van der Waals surface area contributed by atoms with Gasteiger partial charge in [-0.1, -0.05) is 0 Å². The Labute approximate surface area is 102 Å². The third-order valence-corrected chi connectivity index (χ3v) is 2.82. The number of carbonyl (C=O) groups excluding carboxylic acids is 1. The number of hydrogen-bond acceptors (Lipinski definition) is 4. The first-order valence-corrected chi connectivity index (χ1v) is 5.47. The summed E-state index contributed by atoms with van der Waals surface area (Å²) in [6.45, 7) is 1.72. The molecule has 0 atom stereocenters. The predicted molar refractivity (Wildman–Crippen MR) is 64.8 cm³/mol. The molecule has 3 aromatic rings. The Morgan fingerprint density at radius 3 is 2.83 bits per heavy atom. The van der Waals surface area contributed by atoms with Crippen LogP contribution in [0.2, 0.25) is 0 Å². The van der Waals surface area contributed by atoms with Gasteiger partial charge in [0.25, 0.3) is 0 Å². The number of phenols is 1. The van der Waals surface area contributed by atoms with Crippen molar-refractivity contribution in [1.29, 1.82) is 0 Å². The monoisotopic (exact) mass is 242 g/mol. The highest BCUT2D eigenvalue weighted by atomic mass is 16.3. The van der Waals surface area contributed by atoms with E-state index in [1.165, 1.54) is 18.4 Å². The van der Waals surface area contributed by atoms with Crippen molar-refractivity contribution < 1.29 is 18.7 Å². The van der Waals surface area contributed by atoms with Crippen LogP contribution in [0.25, 0.3) is 11.0 Å². The first-order valence-electron chi connectivity index (χ1n) is 5.47. The molecule has 0 unspecified atom stereocenters. The zero-order valence-electron chi connectivity index (χ0n) is 9.64. The highest BCUT2D eigenvalue weighted by molar-refractivity contribution is 6.15. The lowest BCUT2D eigenvalue weighted by molar-refractivity contribution is 0.101. The van der Waals surface area contributed by atoms with Crippen molar-refractivity contribution in [2.24, 2.45) is 0 Å². The second-order valence-corrected chi connectivity index (χ2v) is 4.02. The van der Waals surface area contributed by atoms with E-state index in [1.54, 1.807) is 25.1 Å². The molecule has 2 heterocycles. The van der Waals surface area contributed by atoms with Gasteiger partial charge >= 0.3 is 0 Å². The van der Waals surface area contributed by atoms with Crippen LogP contribution in [0.3, 0.4) is 0 Å². The summed E-state index contributed by atoms with van der Waals surface area (Å²) in [5, 5.41) is 10.1. The highest BCUT2D eigenvalue weighted by Crippen LogP contribution is 2.30. The lowest BCUT2D eigenvalue weighted by Gasteiger charge is -1.96. The van der Waals surface area contributed by atoms with Gasteiger partial charge in [-0.3, -0.25) is 4.79 Å². The van der Waals surface area contributed by atoms with Gasteiger partial charge in [0.2, 0.25) is 5.78 Å². The number of furan rings is 2. The topological polar surface area (TPSA) is 63.6 Å². The normalized spacial score (nSPS) is 10.9. The molecule has 1 N–H and O–H groups in total. The molecular weight excluding hydrogens is 232 g/mol. The lowest BCUT2D eigenvalue weighted by atomic mass is 10.0. The Hall–Kier alpha value is -2.49. The molecule has 0 saturated carbocycles. The molecule has 0 fully saturated rings. The number of benzene rings is 1. The Morgan fingerprint density at radius 1 is 1.28 bits per heavy atom. The zero-order valence-corrected chi connectivity index (χ0v) is 9.64. The van der Waals surface area contributed by atoms with Gasteiger partial charge in [0, 0.05) is 5.39 Å². The molecule has 0 aliphatic carbocycles. The maximum absolute atomic E-state index is 12.3. The van der Waals surface area contributed by atoms with Gasteiger partial charge in [0.1, 0.15) is 17.1 Å². The van der Waals surface area contributed by atoms with Crippen LogP contribution in [0, 0.1) is 6.92 Å². The van der Waals surface area contributed by atoms with Gasteiger partial charge in [-0.15, -0.1) is 0 Å². The lowest BCUT2D eigenvalue weighted by Crippen LogP contribution is -2.00. The zero-order chi connectivity index (χ0) is 12.7. The van der Waals surface area contributed by atoms with Gasteiger partial charge in [-0.05, 0) is 37.3 Å². The number of rotatable bonds is 2. The molecular formula is C14H10O4. The summed E-state index contributed by atoms with van der Waals surface area (Å²) in [6.07, 6.45) is 1.45. The van der Waals surface area contributed by atoms with Crippen LogP contribution >= 0.6 is 0 Å². The maximum Gasteiger partial charge on any atom is 0.232 e. The van der Waals surface area contributed by atoms with E-state index < -0.39 is 0 Å². The smallest absolute Gasteiger partial charge is 0.232 e. The molecule has 0 aliphatic heterocycles. The van der Waals surface area contributed by atoms with Crippen LogP contribution in [-0.2, 0) is 0 Å². The summed E-state index contributed by atoms with van der Waals surface area (Å²) < 4.78 is 10.6. The summed E-state index contributed by atoms with van der Waals surface area (Å²) in [6, 6.07) is 7.93. The minimum absolute atomic E-state index is 0.0943. The maximum atomic E-state index is 12.3. The first-order chi connectivity index (χ1) is 8.66. The second-order valence-electron chi connectivity index (χ2n) is 4.02. The minimum atomic E-state index is -0.248. The third-order valence-electron chi connectivity index (χ3n) is 2.82. The largest absolute Gasteiger partial charge is 0.508 e. The van der Waals surface area contributed by atoms with Gasteiger partial charge in [0.15, 0.2) is 5.76 Å². The van der Waals surface area contributed by atoms with Crippen LogP contribution in [0.5, 0.6) is 5.75 Å². The van der Waals surface area contributed by atoms with Crippen LogP contribution in [0.15, 0.2) is 45.4 Å². The van der Waals surface area contributed by atoms with E-state index in [2.05, 4.69) is 0 Å². The van der Waals surface area contributed by atoms with Crippen molar-refractivity contribution >= 4 is 16.8 Å². The molecule has 90 valence electrons. The van der Waals surface area contributed by atoms with Gasteiger partial charge in [-0.25, -0.2) is 0 Å². The first kappa shape index (κ1) is 10.7. The molecule has 0 saturated heterocycles. The molecule has 2 aromatic heterocycles. The number of hydrogen-bond donors (Lipinski definition) is 1. The van der Waals surface area contributed by atoms with E-state index in [-0.39, 0.29) is 17.3 Å². The van der Waals surface area contributed by atoms with Crippen LogP contribution < -0.4 is 0 Å². The van der Waals surface area contributed by atoms with Crippen LogP contribution in [0.1, 0.15) is 21.9 Å². The Morgan fingerprint density at radius 2 is 2.11 bits per heavy atom. The molecule has 4 nitrogen and oxygen atoms in total. The summed E-state index contributed by atoms with van der Waals surface area (Å²) >= 11 is 0. The summed E-state index contributed by atoms with van der Waals surface area (Å²) in [7, 11) is 0. The van der Waals surface area contributed by atoms with Gasteiger partial charge in [-0.2, -0.15) is 0 Å². The average molecular weight is 242 g/mol. The molecule has 0 aliphatic rings. The van der Waals surface area contributed by atoms with E-state index in [4.69, 9.17) is 8.83 Å². The van der Waals surface area contributed by atoms with E-state index in [9.17, 15) is 9.90 Å². The van der Waals surface area contributed by atoms with Crippen molar-refractivity contribution in [1.82, 2.24) is 0 Å². The molecule has 3 rings (SSSR count). The minimum Gasteiger partial charge on any atom is -0.508 e. The molecule has 0 amide bonds. The predicted octanol–water partition coefficient (Wildman–Crippen LogP) is 3.27. The SMILES string of the molecule is Cc1oc2ccc(O)cc2c1C(=O)c1ccco1. The molecule has 0 radical (unpaired) electrons. The molecule has 18 heavy (non-hydrogen) atoms. The number of fused-ring (bicyclic) bond motifs is 1. The van der Waals surface area contributed by atoms with Crippen molar-refractivity contribution in [3.8, 4) is 5.75 Å². The second kappa shape index (κ2) is 3.77. The van der Waals surface area contributed by atoms with E-state index in [1.807, 2.05) is 0 Å². The van der Waals surface area contributed by atoms with E-state index in [0.29, 0.717) is 22.3 Å². The Kier molecular flexibility index (Phi) is 2.23. The van der Waals surface area contributed by atoms with E-state index in [0.717, 1.165) is 0 Å². The molecule has 0 spiro atoms. The molecule has 0 bridgehead atoms. The van der Waals surface area contributed by atoms with Crippen molar-refractivity contribution in [2.45, 2.75) is 6.92 Å². The number of ketones is 1. The third kappa shape index (κ3) is 1.50. The van der Waals surface area contributed by atoms with Crippen molar-refractivity contribution in [2.75, 3.05) is 0 Å². The molecule has 4 heteroatoms. The average Bonchev–Trinajstić information content (AvgIpc) is 2.94. The summed E-state index contributed by atoms with van der Waals surface area (Å²) in [5.41, 5.74) is 0.996. The standard InChI is InChI=1S/C14H10O4/c1-8-13(14(16)12-3-2-6-17-12)10-7-9(15)4-5-11(10)18-8/h2-7,15H,1H3. The number of carbonyl (C=O) groups is 1.